The number of rotatable bonds is 8. The molecular formula is C74H65N4O2Pt-3. The van der Waals surface area contributed by atoms with Gasteiger partial charge in [0.2, 0.25) is 0 Å². The number of hydrogen-bond donors (Lipinski definition) is 0. The van der Waals surface area contributed by atoms with Crippen LogP contribution in [0.15, 0.2) is 193 Å². The second kappa shape index (κ2) is 20.1. The quantitative estimate of drug-likeness (QED) is 0.142. The number of para-hydroxylation sites is 3. The topological polar surface area (TPSA) is 46.7 Å². The number of ether oxygens (including phenoxy) is 1. The van der Waals surface area contributed by atoms with Crippen LogP contribution in [-0.2, 0) is 37.3 Å². The van der Waals surface area contributed by atoms with Crippen molar-refractivity contribution in [3.05, 3.63) is 235 Å². The molecule has 0 saturated heterocycles. The molecule has 0 saturated carbocycles. The Morgan fingerprint density at radius 3 is 1.75 bits per heavy atom. The van der Waals surface area contributed by atoms with Gasteiger partial charge in [-0.1, -0.05) is 188 Å². The van der Waals surface area contributed by atoms with Gasteiger partial charge in [0.15, 0.2) is 0 Å². The van der Waals surface area contributed by atoms with Crippen LogP contribution in [0.5, 0.6) is 11.5 Å². The molecule has 0 radical (unpaired) electrons. The van der Waals surface area contributed by atoms with Crippen molar-refractivity contribution in [1.82, 2.24) is 9.55 Å². The van der Waals surface area contributed by atoms with Gasteiger partial charge in [-0.05, 0) is 122 Å². The predicted molar refractivity (Wildman–Crippen MR) is 333 cm³/mol. The van der Waals surface area contributed by atoms with E-state index in [2.05, 4.69) is 273 Å². The van der Waals surface area contributed by atoms with Crippen LogP contribution in [-0.4, -0.2) is 9.55 Å². The summed E-state index contributed by atoms with van der Waals surface area (Å²) in [5.74, 6) is 1.92. The van der Waals surface area contributed by atoms with Crippen LogP contribution in [0, 0.1) is 32.6 Å². The van der Waals surface area contributed by atoms with Gasteiger partial charge in [-0.2, -0.15) is 6.07 Å². The Labute approximate surface area is 490 Å². The van der Waals surface area contributed by atoms with Crippen molar-refractivity contribution >= 4 is 66.5 Å². The Hall–Kier alpha value is -8.18. The second-order valence-corrected chi connectivity index (χ2v) is 24.6. The van der Waals surface area contributed by atoms with Crippen molar-refractivity contribution < 1.29 is 30.2 Å². The molecule has 12 aromatic rings. The average molecular weight is 1240 g/mol. The smallest absolute Gasteiger partial charge is 0.135 e. The molecule has 81 heavy (non-hydrogen) atoms. The van der Waals surface area contributed by atoms with E-state index in [1.807, 2.05) is 24.4 Å². The monoisotopic (exact) mass is 1240 g/mol. The number of anilines is 4. The number of aryl methyl sites for hydroxylation is 2. The molecule has 9 aromatic carbocycles. The van der Waals surface area contributed by atoms with Gasteiger partial charge in [-0.25, -0.2) is 4.98 Å². The largest absolute Gasteiger partial charge is 0.509 e. The number of pyridine rings is 1. The zero-order valence-corrected chi connectivity index (χ0v) is 50.2. The van der Waals surface area contributed by atoms with E-state index < -0.39 is 0 Å². The molecule has 0 amide bonds. The summed E-state index contributed by atoms with van der Waals surface area (Å²) in [5, 5.41) is 4.15. The van der Waals surface area contributed by atoms with E-state index in [0.29, 0.717) is 11.5 Å². The van der Waals surface area contributed by atoms with E-state index in [0.717, 1.165) is 89.0 Å². The molecule has 0 unspecified atom stereocenters. The van der Waals surface area contributed by atoms with Crippen LogP contribution in [0.4, 0.5) is 22.7 Å². The first-order valence-corrected chi connectivity index (χ1v) is 27.9. The summed E-state index contributed by atoms with van der Waals surface area (Å²) in [6, 6.07) is 72.7. The van der Waals surface area contributed by atoms with E-state index in [-0.39, 0.29) is 37.3 Å². The van der Waals surface area contributed by atoms with Crippen molar-refractivity contribution in [1.29, 1.82) is 0 Å². The maximum absolute atomic E-state index is 7.26. The van der Waals surface area contributed by atoms with Crippen LogP contribution in [0.2, 0.25) is 0 Å². The molecule has 1 aliphatic rings. The fraction of sp³-hybridized carbons (Fsp3) is 0.189. The molecule has 0 spiro atoms. The van der Waals surface area contributed by atoms with Gasteiger partial charge in [-0.15, -0.1) is 48.3 Å². The molecule has 406 valence electrons. The second-order valence-electron chi connectivity index (χ2n) is 24.6. The summed E-state index contributed by atoms with van der Waals surface area (Å²) < 4.78 is 16.2. The number of aromatic nitrogens is 2. The van der Waals surface area contributed by atoms with Crippen LogP contribution < -0.4 is 14.5 Å². The van der Waals surface area contributed by atoms with Gasteiger partial charge >= 0.3 is 0 Å². The maximum atomic E-state index is 7.26. The third-order valence-electron chi connectivity index (χ3n) is 16.0. The van der Waals surface area contributed by atoms with Crippen molar-refractivity contribution in [3.63, 3.8) is 0 Å². The maximum Gasteiger partial charge on any atom is 0.135 e. The van der Waals surface area contributed by atoms with Gasteiger partial charge in [0.25, 0.3) is 0 Å². The van der Waals surface area contributed by atoms with Gasteiger partial charge in [0, 0.05) is 83.2 Å². The fourth-order valence-corrected chi connectivity index (χ4v) is 12.2. The Kier molecular flexibility index (Phi) is 13.3. The first kappa shape index (κ1) is 53.5. The van der Waals surface area contributed by atoms with Crippen molar-refractivity contribution in [2.24, 2.45) is 0 Å². The minimum absolute atomic E-state index is 0. The molecule has 3 aromatic heterocycles. The molecule has 0 atom stereocenters. The SMILES string of the molecule is Cc1cc(C)c(-c2ccccc2)c(N2[CH-]N(c3[c-]c(Oc4[c-]c5c(cc4)c4c6oc7ccccc7c6ccc4n5-c4cc(C(C)(C)C)ccn4)cc(-c4c(C(C)(C)C)cccc4C(C)(C)C)c3)c3ccccc32)c1-c1ccccc1.[Pt]. The third-order valence-corrected chi connectivity index (χ3v) is 16.0. The fourth-order valence-electron chi connectivity index (χ4n) is 12.2. The average Bonchev–Trinajstić information content (AvgIpc) is 4.30. The van der Waals surface area contributed by atoms with E-state index in [1.165, 1.54) is 44.5 Å². The van der Waals surface area contributed by atoms with Crippen LogP contribution in [0.25, 0.3) is 82.9 Å². The zero-order chi connectivity index (χ0) is 55.4. The van der Waals surface area contributed by atoms with Gasteiger partial charge < -0.3 is 23.5 Å². The minimum atomic E-state index is -0.180. The van der Waals surface area contributed by atoms with Crippen molar-refractivity contribution in [2.75, 3.05) is 9.80 Å². The van der Waals surface area contributed by atoms with E-state index in [9.17, 15) is 0 Å². The summed E-state index contributed by atoms with van der Waals surface area (Å²) in [6.07, 6.45) is 1.91. The molecular weight excluding hydrogens is 1170 g/mol. The predicted octanol–water partition coefficient (Wildman–Crippen LogP) is 20.4. The summed E-state index contributed by atoms with van der Waals surface area (Å²) in [5.41, 5.74) is 20.1. The molecule has 0 aliphatic carbocycles. The molecule has 0 N–H and O–H groups in total. The summed E-state index contributed by atoms with van der Waals surface area (Å²) in [4.78, 5) is 9.73. The van der Waals surface area contributed by atoms with Crippen molar-refractivity contribution in [2.45, 2.75) is 92.4 Å². The first-order valence-electron chi connectivity index (χ1n) is 27.9. The van der Waals surface area contributed by atoms with E-state index in [4.69, 9.17) is 14.1 Å². The van der Waals surface area contributed by atoms with Crippen LogP contribution in [0.3, 0.4) is 0 Å². The number of nitrogens with zero attached hydrogens (tertiary/aromatic N) is 4. The first-order chi connectivity index (χ1) is 38.4. The Bertz CT molecular complexity index is 4300. The molecule has 0 fully saturated rings. The number of hydrogen-bond acceptors (Lipinski definition) is 5. The van der Waals surface area contributed by atoms with Gasteiger partial charge in [-0.3, -0.25) is 0 Å². The Balaban J connectivity index is 0.00000651. The van der Waals surface area contributed by atoms with E-state index in [1.54, 1.807) is 0 Å². The van der Waals surface area contributed by atoms with Gasteiger partial charge in [0.05, 0.1) is 0 Å². The van der Waals surface area contributed by atoms with Crippen molar-refractivity contribution in [3.8, 4) is 50.7 Å². The molecule has 1 aliphatic heterocycles. The normalized spacial score (nSPS) is 12.9. The molecule has 7 heteroatoms. The molecule has 13 rings (SSSR count). The summed E-state index contributed by atoms with van der Waals surface area (Å²) in [7, 11) is 0. The summed E-state index contributed by atoms with van der Waals surface area (Å²) >= 11 is 0. The molecule has 6 nitrogen and oxygen atoms in total. The minimum Gasteiger partial charge on any atom is -0.509 e. The molecule has 4 heterocycles. The standard InChI is InChI=1S/C74H65N4O2.Pt/c1-46-39-47(2)67(49-25-16-13-17-26-49)70(66(46)48-23-14-12-15-24-48)77-45-76(60-30-19-20-31-61(60)77)52-40-50(68-58(73(6,7)8)28-22-29-59(68)74(9,10)11)41-54(43-52)79-53-33-34-57-63(44-53)78(65-42-51(37-38-75-65)72(3,4)5)62-36-35-56-55-27-18-21-32-64(55)80-71(56)69(57)62;/h12-42,45H,1-11H3;/q-3;. The number of benzene rings is 9. The summed E-state index contributed by atoms with van der Waals surface area (Å²) in [6.45, 7) is 27.3. The van der Waals surface area contributed by atoms with E-state index >= 15 is 0 Å². The van der Waals surface area contributed by atoms with Gasteiger partial charge in [0.1, 0.15) is 17.0 Å². The van der Waals surface area contributed by atoms with Crippen LogP contribution >= 0.6 is 0 Å². The molecule has 0 bridgehead atoms. The Morgan fingerprint density at radius 1 is 0.506 bits per heavy atom. The zero-order valence-electron chi connectivity index (χ0n) is 47.9. The Morgan fingerprint density at radius 2 is 1.11 bits per heavy atom. The number of fused-ring (bicyclic) bond motifs is 8. The van der Waals surface area contributed by atoms with Crippen LogP contribution in [0.1, 0.15) is 90.1 Å². The third kappa shape index (κ3) is 9.32. The number of furan rings is 1.